The summed E-state index contributed by atoms with van der Waals surface area (Å²) >= 11 is 0. The summed E-state index contributed by atoms with van der Waals surface area (Å²) in [5, 5.41) is 3.82. The summed E-state index contributed by atoms with van der Waals surface area (Å²) < 4.78 is 0. The fourth-order valence-electron chi connectivity index (χ4n) is 3.47. The number of rotatable bonds is 4. The number of nitrogens with zero attached hydrogens (tertiary/aromatic N) is 1. The van der Waals surface area contributed by atoms with Crippen molar-refractivity contribution in [2.45, 2.75) is 50.6 Å². The van der Waals surface area contributed by atoms with E-state index in [2.05, 4.69) is 59.7 Å². The fourth-order valence-corrected chi connectivity index (χ4v) is 3.47. The van der Waals surface area contributed by atoms with Gasteiger partial charge in [0.25, 0.3) is 0 Å². The van der Waals surface area contributed by atoms with Crippen LogP contribution in [0.3, 0.4) is 0 Å². The molecular formula is C19H24N2. The van der Waals surface area contributed by atoms with Gasteiger partial charge in [-0.15, -0.1) is 0 Å². The van der Waals surface area contributed by atoms with Crippen molar-refractivity contribution < 1.29 is 0 Å². The highest BCUT2D eigenvalue weighted by atomic mass is 15.0. The van der Waals surface area contributed by atoms with Gasteiger partial charge in [0.05, 0.1) is 5.69 Å². The largest absolute Gasteiger partial charge is 0.305 e. The van der Waals surface area contributed by atoms with Crippen molar-refractivity contribution >= 4 is 0 Å². The summed E-state index contributed by atoms with van der Waals surface area (Å²) in [5.41, 5.74) is 2.61. The minimum absolute atomic E-state index is 0.306. The van der Waals surface area contributed by atoms with E-state index in [1.807, 2.05) is 12.3 Å². The lowest BCUT2D eigenvalue weighted by Crippen LogP contribution is -2.38. The van der Waals surface area contributed by atoms with Crippen LogP contribution in [-0.4, -0.2) is 11.0 Å². The number of benzene rings is 1. The van der Waals surface area contributed by atoms with Gasteiger partial charge in [0.1, 0.15) is 0 Å². The average Bonchev–Trinajstić information content (AvgIpc) is 2.57. The van der Waals surface area contributed by atoms with Crippen LogP contribution in [0.1, 0.15) is 55.8 Å². The van der Waals surface area contributed by atoms with Gasteiger partial charge in [-0.1, -0.05) is 49.2 Å². The van der Waals surface area contributed by atoms with Gasteiger partial charge in [-0.2, -0.15) is 0 Å². The molecule has 3 rings (SSSR count). The molecular weight excluding hydrogens is 256 g/mol. The summed E-state index contributed by atoms with van der Waals surface area (Å²) in [6, 6.07) is 18.0. The number of aromatic nitrogens is 1. The zero-order valence-corrected chi connectivity index (χ0v) is 12.7. The van der Waals surface area contributed by atoms with Crippen LogP contribution in [0.15, 0.2) is 54.7 Å². The second-order valence-electron chi connectivity index (χ2n) is 6.05. The van der Waals surface area contributed by atoms with Crippen LogP contribution >= 0.6 is 0 Å². The van der Waals surface area contributed by atoms with Crippen LogP contribution in [0.2, 0.25) is 0 Å². The first-order chi connectivity index (χ1) is 10.3. The van der Waals surface area contributed by atoms with Crippen LogP contribution in [0, 0.1) is 0 Å². The molecule has 0 amide bonds. The van der Waals surface area contributed by atoms with Gasteiger partial charge < -0.3 is 5.32 Å². The SMILES string of the molecule is C[C@H](NC1CCCCC1c1ccccc1)c1ccccn1. The molecule has 0 aliphatic heterocycles. The van der Waals surface area contributed by atoms with Gasteiger partial charge in [-0.05, 0) is 43.4 Å². The lowest BCUT2D eigenvalue weighted by atomic mass is 9.79. The van der Waals surface area contributed by atoms with E-state index < -0.39 is 0 Å². The predicted molar refractivity (Wildman–Crippen MR) is 87.2 cm³/mol. The Morgan fingerprint density at radius 1 is 1.00 bits per heavy atom. The molecule has 21 heavy (non-hydrogen) atoms. The van der Waals surface area contributed by atoms with E-state index >= 15 is 0 Å². The van der Waals surface area contributed by atoms with Gasteiger partial charge in [-0.3, -0.25) is 4.98 Å². The zero-order chi connectivity index (χ0) is 14.5. The fraction of sp³-hybridized carbons (Fsp3) is 0.421. The normalized spacial score (nSPS) is 23.7. The molecule has 0 spiro atoms. The van der Waals surface area contributed by atoms with E-state index in [-0.39, 0.29) is 0 Å². The standard InChI is InChI=1S/C19H24N2/c1-15(18-12-7-8-14-20-18)21-19-13-6-5-11-17(19)16-9-3-2-4-10-16/h2-4,7-10,12,14-15,17,19,21H,5-6,11,13H2,1H3/t15-,17?,19?/m0/s1. The smallest absolute Gasteiger partial charge is 0.0570 e. The van der Waals surface area contributed by atoms with E-state index in [9.17, 15) is 0 Å². The Morgan fingerprint density at radius 2 is 1.76 bits per heavy atom. The highest BCUT2D eigenvalue weighted by molar-refractivity contribution is 5.22. The van der Waals surface area contributed by atoms with E-state index in [4.69, 9.17) is 0 Å². The zero-order valence-electron chi connectivity index (χ0n) is 12.7. The van der Waals surface area contributed by atoms with Gasteiger partial charge in [-0.25, -0.2) is 0 Å². The molecule has 1 aliphatic rings. The van der Waals surface area contributed by atoms with Gasteiger partial charge in [0, 0.05) is 18.3 Å². The molecule has 1 aromatic heterocycles. The molecule has 1 fully saturated rings. The number of nitrogens with one attached hydrogen (secondary N) is 1. The van der Waals surface area contributed by atoms with Crippen molar-refractivity contribution in [1.82, 2.24) is 10.3 Å². The van der Waals surface area contributed by atoms with Crippen molar-refractivity contribution in [1.29, 1.82) is 0 Å². The van der Waals surface area contributed by atoms with Crippen molar-refractivity contribution in [2.24, 2.45) is 0 Å². The van der Waals surface area contributed by atoms with Crippen molar-refractivity contribution in [2.75, 3.05) is 0 Å². The van der Waals surface area contributed by atoms with Crippen molar-refractivity contribution in [3.63, 3.8) is 0 Å². The second-order valence-corrected chi connectivity index (χ2v) is 6.05. The lowest BCUT2D eigenvalue weighted by molar-refractivity contribution is 0.304. The van der Waals surface area contributed by atoms with E-state index in [1.54, 1.807) is 0 Å². The van der Waals surface area contributed by atoms with Crippen molar-refractivity contribution in [3.05, 3.63) is 66.0 Å². The van der Waals surface area contributed by atoms with Gasteiger partial charge >= 0.3 is 0 Å². The molecule has 1 saturated carbocycles. The Kier molecular flexibility index (Phi) is 4.66. The highest BCUT2D eigenvalue weighted by Gasteiger charge is 2.27. The van der Waals surface area contributed by atoms with E-state index in [0.29, 0.717) is 18.0 Å². The minimum atomic E-state index is 0.306. The predicted octanol–water partition coefficient (Wildman–Crippen LogP) is 4.46. The molecule has 2 aromatic rings. The minimum Gasteiger partial charge on any atom is -0.305 e. The van der Waals surface area contributed by atoms with Crippen LogP contribution in [0.25, 0.3) is 0 Å². The summed E-state index contributed by atoms with van der Waals surface area (Å²) in [6.07, 6.45) is 7.10. The lowest BCUT2D eigenvalue weighted by Gasteiger charge is -2.34. The topological polar surface area (TPSA) is 24.9 Å². The molecule has 0 radical (unpaired) electrons. The molecule has 2 unspecified atom stereocenters. The average molecular weight is 280 g/mol. The first kappa shape index (κ1) is 14.3. The summed E-state index contributed by atoms with van der Waals surface area (Å²) in [4.78, 5) is 4.48. The van der Waals surface area contributed by atoms with Gasteiger partial charge in [0.2, 0.25) is 0 Å². The highest BCUT2D eigenvalue weighted by Crippen LogP contribution is 2.34. The molecule has 2 heteroatoms. The van der Waals surface area contributed by atoms with Crippen LogP contribution < -0.4 is 5.32 Å². The molecule has 1 N–H and O–H groups in total. The maximum Gasteiger partial charge on any atom is 0.0570 e. The number of hydrogen-bond donors (Lipinski definition) is 1. The molecule has 3 atom stereocenters. The van der Waals surface area contributed by atoms with Crippen LogP contribution in [-0.2, 0) is 0 Å². The Labute approximate surface area is 127 Å². The van der Waals surface area contributed by atoms with E-state index in [0.717, 1.165) is 5.69 Å². The van der Waals surface area contributed by atoms with Crippen molar-refractivity contribution in [3.8, 4) is 0 Å². The Bertz CT molecular complexity index is 538. The van der Waals surface area contributed by atoms with Crippen LogP contribution in [0.5, 0.6) is 0 Å². The third-order valence-electron chi connectivity index (χ3n) is 4.59. The van der Waals surface area contributed by atoms with Crippen LogP contribution in [0.4, 0.5) is 0 Å². The number of pyridine rings is 1. The monoisotopic (exact) mass is 280 g/mol. The second kappa shape index (κ2) is 6.86. The molecule has 0 bridgehead atoms. The first-order valence-corrected chi connectivity index (χ1v) is 8.06. The molecule has 0 saturated heterocycles. The maximum absolute atomic E-state index is 4.48. The Balaban J connectivity index is 1.73. The molecule has 1 heterocycles. The summed E-state index contributed by atoms with van der Waals surface area (Å²) in [6.45, 7) is 2.22. The quantitative estimate of drug-likeness (QED) is 0.894. The third kappa shape index (κ3) is 3.51. The molecule has 1 aromatic carbocycles. The van der Waals surface area contributed by atoms with Gasteiger partial charge in [0.15, 0.2) is 0 Å². The molecule has 2 nitrogen and oxygen atoms in total. The maximum atomic E-state index is 4.48. The Morgan fingerprint density at radius 3 is 2.52 bits per heavy atom. The molecule has 1 aliphatic carbocycles. The summed E-state index contributed by atoms with van der Waals surface area (Å²) in [5.74, 6) is 0.631. The summed E-state index contributed by atoms with van der Waals surface area (Å²) in [7, 11) is 0. The number of hydrogen-bond acceptors (Lipinski definition) is 2. The van der Waals surface area contributed by atoms with E-state index in [1.165, 1.54) is 31.2 Å². The molecule has 110 valence electrons. The first-order valence-electron chi connectivity index (χ1n) is 8.06. The third-order valence-corrected chi connectivity index (χ3v) is 4.59. The Hall–Kier alpha value is -1.67.